The van der Waals surface area contributed by atoms with E-state index in [1.807, 2.05) is 6.07 Å². The molecule has 0 saturated heterocycles. The van der Waals surface area contributed by atoms with Gasteiger partial charge in [-0.25, -0.2) is 0 Å². The van der Waals surface area contributed by atoms with Gasteiger partial charge in [0.05, 0.1) is 38.6 Å². The van der Waals surface area contributed by atoms with Crippen LogP contribution in [0.3, 0.4) is 0 Å². The molecule has 0 bridgehead atoms. The Morgan fingerprint density at radius 3 is 2.35 bits per heavy atom. The summed E-state index contributed by atoms with van der Waals surface area (Å²) < 4.78 is 20.9. The Labute approximate surface area is 119 Å². The van der Waals surface area contributed by atoms with E-state index < -0.39 is 0 Å². The van der Waals surface area contributed by atoms with Crippen molar-refractivity contribution in [2.75, 3.05) is 52.5 Å². The van der Waals surface area contributed by atoms with E-state index in [9.17, 15) is 0 Å². The number of hydrogen-bond donors (Lipinski definition) is 1. The van der Waals surface area contributed by atoms with Gasteiger partial charge < -0.3 is 24.7 Å². The highest BCUT2D eigenvalue weighted by molar-refractivity contribution is 5.53. The molecule has 0 aliphatic heterocycles. The number of anilines is 1. The molecule has 0 atom stereocenters. The maximum Gasteiger partial charge on any atom is 0.137 e. The summed E-state index contributed by atoms with van der Waals surface area (Å²) in [5.41, 5.74) is 6.56. The summed E-state index contributed by atoms with van der Waals surface area (Å²) in [5.74, 6) is 0.515. The molecular formula is C14H20N2O4. The molecule has 0 fully saturated rings. The van der Waals surface area contributed by atoms with Crippen LogP contribution >= 0.6 is 0 Å². The van der Waals surface area contributed by atoms with E-state index >= 15 is 0 Å². The van der Waals surface area contributed by atoms with Crippen LogP contribution in [0.15, 0.2) is 18.2 Å². The predicted octanol–water partition coefficient (Wildman–Crippen LogP) is 1.20. The van der Waals surface area contributed by atoms with Gasteiger partial charge in [0.1, 0.15) is 18.4 Å². The van der Waals surface area contributed by atoms with Gasteiger partial charge in [0.25, 0.3) is 0 Å². The van der Waals surface area contributed by atoms with Crippen molar-refractivity contribution < 1.29 is 18.9 Å². The van der Waals surface area contributed by atoms with Crippen molar-refractivity contribution in [3.63, 3.8) is 0 Å². The minimum Gasteiger partial charge on any atom is -0.490 e. The molecular weight excluding hydrogens is 260 g/mol. The second-order valence-electron chi connectivity index (χ2n) is 3.93. The number of ether oxygens (including phenoxy) is 4. The lowest BCUT2D eigenvalue weighted by Crippen LogP contribution is -2.12. The van der Waals surface area contributed by atoms with Crippen molar-refractivity contribution >= 4 is 5.69 Å². The number of nitrogen functional groups attached to an aromatic ring is 1. The molecule has 6 nitrogen and oxygen atoms in total. The highest BCUT2D eigenvalue weighted by Gasteiger charge is 2.03. The van der Waals surface area contributed by atoms with Crippen LogP contribution < -0.4 is 10.5 Å². The van der Waals surface area contributed by atoms with Gasteiger partial charge in [-0.15, -0.1) is 0 Å². The summed E-state index contributed by atoms with van der Waals surface area (Å²) >= 11 is 0. The Bertz CT molecular complexity index is 432. The third kappa shape index (κ3) is 6.38. The average Bonchev–Trinajstić information content (AvgIpc) is 2.46. The lowest BCUT2D eigenvalue weighted by molar-refractivity contribution is 0.0179. The van der Waals surface area contributed by atoms with Crippen molar-refractivity contribution in [3.8, 4) is 11.8 Å². The highest BCUT2D eigenvalue weighted by Crippen LogP contribution is 2.20. The smallest absolute Gasteiger partial charge is 0.137 e. The van der Waals surface area contributed by atoms with E-state index in [1.165, 1.54) is 0 Å². The van der Waals surface area contributed by atoms with Gasteiger partial charge in [-0.05, 0) is 18.2 Å². The largest absolute Gasteiger partial charge is 0.490 e. The summed E-state index contributed by atoms with van der Waals surface area (Å²) in [6, 6.07) is 7.00. The molecule has 0 saturated carbocycles. The molecule has 1 aromatic rings. The van der Waals surface area contributed by atoms with Crippen LogP contribution in [0.5, 0.6) is 5.75 Å². The molecule has 0 radical (unpaired) electrons. The molecule has 1 rings (SSSR count). The van der Waals surface area contributed by atoms with Crippen LogP contribution in [-0.2, 0) is 14.2 Å². The number of methoxy groups -OCH3 is 1. The highest BCUT2D eigenvalue weighted by atomic mass is 16.6. The Morgan fingerprint density at radius 2 is 1.70 bits per heavy atom. The minimum atomic E-state index is 0.372. The van der Waals surface area contributed by atoms with Crippen molar-refractivity contribution in [2.45, 2.75) is 0 Å². The first-order valence-corrected chi connectivity index (χ1v) is 6.34. The monoisotopic (exact) mass is 280 g/mol. The fourth-order valence-electron chi connectivity index (χ4n) is 1.44. The lowest BCUT2D eigenvalue weighted by atomic mass is 10.2. The molecule has 2 N–H and O–H groups in total. The van der Waals surface area contributed by atoms with Crippen LogP contribution in [0.1, 0.15) is 5.56 Å². The van der Waals surface area contributed by atoms with E-state index in [0.717, 1.165) is 0 Å². The second-order valence-corrected chi connectivity index (χ2v) is 3.93. The van der Waals surface area contributed by atoms with E-state index in [0.29, 0.717) is 56.6 Å². The van der Waals surface area contributed by atoms with Crippen molar-refractivity contribution in [1.29, 1.82) is 5.26 Å². The first kappa shape index (κ1) is 16.2. The van der Waals surface area contributed by atoms with Crippen molar-refractivity contribution in [2.24, 2.45) is 0 Å². The summed E-state index contributed by atoms with van der Waals surface area (Å²) in [7, 11) is 1.63. The van der Waals surface area contributed by atoms with Crippen LogP contribution in [-0.4, -0.2) is 46.8 Å². The Kier molecular flexibility index (Phi) is 8.15. The van der Waals surface area contributed by atoms with E-state index in [2.05, 4.69) is 0 Å². The number of nitrogens with zero attached hydrogens (tertiary/aromatic N) is 1. The van der Waals surface area contributed by atoms with Gasteiger partial charge in [0.2, 0.25) is 0 Å². The van der Waals surface area contributed by atoms with Crippen LogP contribution in [0.2, 0.25) is 0 Å². The van der Waals surface area contributed by atoms with Gasteiger partial charge in [-0.3, -0.25) is 0 Å². The number of rotatable bonds is 10. The lowest BCUT2D eigenvalue weighted by Gasteiger charge is -2.09. The van der Waals surface area contributed by atoms with Gasteiger partial charge in [0, 0.05) is 12.8 Å². The molecule has 1 aromatic carbocycles. The van der Waals surface area contributed by atoms with Gasteiger partial charge in [0.15, 0.2) is 0 Å². The van der Waals surface area contributed by atoms with Crippen molar-refractivity contribution in [3.05, 3.63) is 23.8 Å². The number of nitrogens with two attached hydrogens (primary N) is 1. The van der Waals surface area contributed by atoms with Gasteiger partial charge >= 0.3 is 0 Å². The minimum absolute atomic E-state index is 0.372. The third-order valence-corrected chi connectivity index (χ3v) is 2.41. The quantitative estimate of drug-likeness (QED) is 0.512. The summed E-state index contributed by atoms with van der Waals surface area (Å²) in [6.45, 7) is 2.97. The van der Waals surface area contributed by atoms with Crippen LogP contribution in [0, 0.1) is 11.3 Å². The van der Waals surface area contributed by atoms with E-state index in [1.54, 1.807) is 25.3 Å². The third-order valence-electron chi connectivity index (χ3n) is 2.41. The Morgan fingerprint density at radius 1 is 1.05 bits per heavy atom. The summed E-state index contributed by atoms with van der Waals surface area (Å²) in [6.07, 6.45) is 0. The predicted molar refractivity (Wildman–Crippen MR) is 74.6 cm³/mol. The van der Waals surface area contributed by atoms with E-state index in [-0.39, 0.29) is 0 Å². The normalized spacial score (nSPS) is 10.2. The van der Waals surface area contributed by atoms with Gasteiger partial charge in [-0.1, -0.05) is 0 Å². The molecule has 6 heteroatoms. The molecule has 110 valence electrons. The molecule has 0 aliphatic carbocycles. The second kappa shape index (κ2) is 10.0. The first-order chi connectivity index (χ1) is 9.77. The molecule has 0 aromatic heterocycles. The molecule has 0 unspecified atom stereocenters. The number of nitriles is 1. The Balaban J connectivity index is 2.11. The van der Waals surface area contributed by atoms with E-state index in [4.69, 9.17) is 29.9 Å². The number of benzene rings is 1. The molecule has 20 heavy (non-hydrogen) atoms. The summed E-state index contributed by atoms with van der Waals surface area (Å²) in [5, 5.41) is 8.94. The fraction of sp³-hybridized carbons (Fsp3) is 0.500. The SMILES string of the molecule is COCCOCCOCCOc1ccc(N)cc1C#N. The topological polar surface area (TPSA) is 86.7 Å². The molecule has 0 heterocycles. The van der Waals surface area contributed by atoms with Crippen molar-refractivity contribution in [1.82, 2.24) is 0 Å². The summed E-state index contributed by atoms with van der Waals surface area (Å²) in [4.78, 5) is 0. The Hall–Kier alpha value is -1.81. The fourth-order valence-corrected chi connectivity index (χ4v) is 1.44. The van der Waals surface area contributed by atoms with Crippen LogP contribution in [0.25, 0.3) is 0 Å². The maximum absolute atomic E-state index is 8.94. The van der Waals surface area contributed by atoms with Crippen LogP contribution in [0.4, 0.5) is 5.69 Å². The molecule has 0 amide bonds. The standard InChI is InChI=1S/C14H20N2O4/c1-17-4-5-18-6-7-19-8-9-20-14-3-2-13(16)10-12(14)11-15/h2-3,10H,4-9,16H2,1H3. The first-order valence-electron chi connectivity index (χ1n) is 6.34. The zero-order valence-electron chi connectivity index (χ0n) is 11.6. The zero-order chi connectivity index (χ0) is 14.6. The van der Waals surface area contributed by atoms with Gasteiger partial charge in [-0.2, -0.15) is 5.26 Å². The maximum atomic E-state index is 8.94. The number of hydrogen-bond acceptors (Lipinski definition) is 6. The zero-order valence-corrected chi connectivity index (χ0v) is 11.6. The molecule has 0 spiro atoms. The average molecular weight is 280 g/mol. The molecule has 0 aliphatic rings.